The van der Waals surface area contributed by atoms with E-state index < -0.39 is 27.3 Å². The second kappa shape index (κ2) is 6.53. The fraction of sp³-hybridized carbons (Fsp3) is 0.308. The number of rotatable bonds is 7. The molecule has 1 amide bonds. The van der Waals surface area contributed by atoms with E-state index >= 15 is 0 Å². The van der Waals surface area contributed by atoms with Crippen molar-refractivity contribution in [3.05, 3.63) is 43.0 Å². The number of hydrogen-bond acceptors (Lipinski definition) is 4. The van der Waals surface area contributed by atoms with Crippen molar-refractivity contribution in [2.75, 3.05) is 17.6 Å². The third-order valence-electron chi connectivity index (χ3n) is 2.57. The molecule has 1 aromatic rings. The highest BCUT2D eigenvalue weighted by molar-refractivity contribution is 7.85. The average molecular weight is 298 g/mol. The van der Waals surface area contributed by atoms with Gasteiger partial charge in [-0.1, -0.05) is 24.8 Å². The second-order valence-corrected chi connectivity index (χ2v) is 6.15. The number of carbonyl (C=O) groups excluding carboxylic acids is 1. The Hall–Kier alpha value is -1.86. The first-order valence-electron chi connectivity index (χ1n) is 5.93. The zero-order valence-corrected chi connectivity index (χ0v) is 12.0. The van der Waals surface area contributed by atoms with E-state index in [2.05, 4.69) is 17.2 Å². The predicted molar refractivity (Wildman–Crippen MR) is 78.1 cm³/mol. The van der Waals surface area contributed by atoms with Crippen molar-refractivity contribution >= 4 is 21.7 Å². The first-order valence-corrected chi connectivity index (χ1v) is 7.54. The van der Waals surface area contributed by atoms with Crippen LogP contribution in [0.1, 0.15) is 6.92 Å². The van der Waals surface area contributed by atoms with Crippen LogP contribution in [0, 0.1) is 0 Å². The normalized spacial score (nSPS) is 14.1. The second-order valence-electron chi connectivity index (χ2n) is 4.70. The Labute approximate surface area is 118 Å². The molecule has 0 fully saturated rings. The van der Waals surface area contributed by atoms with Gasteiger partial charge in [-0.05, 0) is 25.1 Å². The number of carbonyl (C=O) groups is 1. The van der Waals surface area contributed by atoms with E-state index in [4.69, 9.17) is 4.55 Å². The number of anilines is 1. The van der Waals surface area contributed by atoms with E-state index in [1.807, 2.05) is 30.3 Å². The summed E-state index contributed by atoms with van der Waals surface area (Å²) in [6.07, 6.45) is 1.05. The molecule has 20 heavy (non-hydrogen) atoms. The standard InChI is InChI=1S/C13H18N2O4S/c1-3-12(16)15-13(2,10-20(17,18)19)9-14-11-7-5-4-6-8-11/h3-8,14H,1,9-10H2,2H3,(H,15,16)(H,17,18,19). The topological polar surface area (TPSA) is 95.5 Å². The predicted octanol–water partition coefficient (Wildman–Crippen LogP) is 1.05. The smallest absolute Gasteiger partial charge is 0.267 e. The van der Waals surface area contributed by atoms with Gasteiger partial charge >= 0.3 is 0 Å². The molecule has 0 saturated carbocycles. The van der Waals surface area contributed by atoms with E-state index in [0.29, 0.717) is 0 Å². The van der Waals surface area contributed by atoms with Crippen LogP contribution in [0.3, 0.4) is 0 Å². The Morgan fingerprint density at radius 2 is 2.00 bits per heavy atom. The van der Waals surface area contributed by atoms with Gasteiger partial charge in [-0.3, -0.25) is 9.35 Å². The lowest BCUT2D eigenvalue weighted by Gasteiger charge is -2.29. The lowest BCUT2D eigenvalue weighted by Crippen LogP contribution is -2.54. The Kier molecular flexibility index (Phi) is 5.29. The highest BCUT2D eigenvalue weighted by Crippen LogP contribution is 2.11. The molecule has 7 heteroatoms. The Morgan fingerprint density at radius 3 is 2.50 bits per heavy atom. The van der Waals surface area contributed by atoms with E-state index in [9.17, 15) is 13.2 Å². The Balaban J connectivity index is 2.81. The Bertz CT molecular complexity index is 571. The fourth-order valence-corrected chi connectivity index (χ4v) is 2.71. The minimum atomic E-state index is -4.23. The summed E-state index contributed by atoms with van der Waals surface area (Å²) in [5, 5.41) is 5.52. The monoisotopic (exact) mass is 298 g/mol. The fourth-order valence-electron chi connectivity index (χ4n) is 1.74. The molecular formula is C13H18N2O4S. The summed E-state index contributed by atoms with van der Waals surface area (Å²) in [6, 6.07) is 9.12. The minimum absolute atomic E-state index is 0.135. The average Bonchev–Trinajstić information content (AvgIpc) is 2.35. The van der Waals surface area contributed by atoms with Gasteiger partial charge in [0, 0.05) is 12.2 Å². The van der Waals surface area contributed by atoms with Gasteiger partial charge in [0.05, 0.1) is 11.3 Å². The molecular weight excluding hydrogens is 280 g/mol. The van der Waals surface area contributed by atoms with Gasteiger partial charge < -0.3 is 10.6 Å². The molecule has 0 spiro atoms. The molecule has 0 aliphatic rings. The number of amides is 1. The molecule has 0 heterocycles. The van der Waals surface area contributed by atoms with Crippen LogP contribution in [0.5, 0.6) is 0 Å². The maximum Gasteiger partial charge on any atom is 0.267 e. The lowest BCUT2D eigenvalue weighted by molar-refractivity contribution is -0.117. The SMILES string of the molecule is C=CC(=O)NC(C)(CNc1ccccc1)CS(=O)(=O)O. The van der Waals surface area contributed by atoms with Crippen molar-refractivity contribution in [1.29, 1.82) is 0 Å². The van der Waals surface area contributed by atoms with Gasteiger partial charge in [0.25, 0.3) is 10.1 Å². The van der Waals surface area contributed by atoms with E-state index in [0.717, 1.165) is 11.8 Å². The van der Waals surface area contributed by atoms with Crippen LogP contribution in [0.15, 0.2) is 43.0 Å². The van der Waals surface area contributed by atoms with Crippen LogP contribution in [-0.4, -0.2) is 36.7 Å². The molecule has 0 aliphatic carbocycles. The zero-order valence-electron chi connectivity index (χ0n) is 11.2. The van der Waals surface area contributed by atoms with Gasteiger partial charge in [-0.25, -0.2) is 0 Å². The highest BCUT2D eigenvalue weighted by Gasteiger charge is 2.31. The van der Waals surface area contributed by atoms with Crippen LogP contribution in [0.4, 0.5) is 5.69 Å². The number of para-hydroxylation sites is 1. The van der Waals surface area contributed by atoms with Gasteiger partial charge in [-0.15, -0.1) is 0 Å². The van der Waals surface area contributed by atoms with Crippen LogP contribution < -0.4 is 10.6 Å². The van der Waals surface area contributed by atoms with Crippen molar-refractivity contribution in [2.24, 2.45) is 0 Å². The molecule has 1 aromatic carbocycles. The third-order valence-corrected chi connectivity index (χ3v) is 3.57. The summed E-state index contributed by atoms with van der Waals surface area (Å²) in [5.74, 6) is -1.11. The maximum absolute atomic E-state index is 11.4. The van der Waals surface area contributed by atoms with Crippen molar-refractivity contribution in [2.45, 2.75) is 12.5 Å². The molecule has 0 radical (unpaired) electrons. The van der Waals surface area contributed by atoms with E-state index in [1.54, 1.807) is 0 Å². The molecule has 1 unspecified atom stereocenters. The summed E-state index contributed by atoms with van der Waals surface area (Å²) in [6.45, 7) is 4.98. The van der Waals surface area contributed by atoms with E-state index in [1.165, 1.54) is 6.92 Å². The summed E-state index contributed by atoms with van der Waals surface area (Å²) >= 11 is 0. The summed E-state index contributed by atoms with van der Waals surface area (Å²) in [7, 11) is -4.23. The van der Waals surface area contributed by atoms with Crippen LogP contribution >= 0.6 is 0 Å². The van der Waals surface area contributed by atoms with Crippen LogP contribution in [0.25, 0.3) is 0 Å². The highest BCUT2D eigenvalue weighted by atomic mass is 32.2. The molecule has 0 bridgehead atoms. The van der Waals surface area contributed by atoms with Crippen molar-refractivity contribution in [3.8, 4) is 0 Å². The molecule has 0 saturated heterocycles. The summed E-state index contributed by atoms with van der Waals surface area (Å²) in [5.41, 5.74) is -0.378. The molecule has 110 valence electrons. The molecule has 3 N–H and O–H groups in total. The minimum Gasteiger partial charge on any atom is -0.383 e. The van der Waals surface area contributed by atoms with Gasteiger partial charge in [0.2, 0.25) is 5.91 Å². The van der Waals surface area contributed by atoms with Crippen LogP contribution in [0.2, 0.25) is 0 Å². The van der Waals surface area contributed by atoms with Crippen molar-refractivity contribution < 1.29 is 17.8 Å². The number of benzene rings is 1. The van der Waals surface area contributed by atoms with Gasteiger partial charge in [-0.2, -0.15) is 8.42 Å². The molecule has 1 rings (SSSR count). The van der Waals surface area contributed by atoms with Gasteiger partial charge in [0.1, 0.15) is 0 Å². The molecule has 1 atom stereocenters. The van der Waals surface area contributed by atoms with Crippen molar-refractivity contribution in [3.63, 3.8) is 0 Å². The van der Waals surface area contributed by atoms with E-state index in [-0.39, 0.29) is 6.54 Å². The quantitative estimate of drug-likeness (QED) is 0.516. The molecule has 0 aromatic heterocycles. The maximum atomic E-state index is 11.4. The summed E-state index contributed by atoms with van der Waals surface area (Å²) < 4.78 is 31.2. The third kappa shape index (κ3) is 5.85. The molecule has 6 nitrogen and oxygen atoms in total. The van der Waals surface area contributed by atoms with Gasteiger partial charge in [0.15, 0.2) is 0 Å². The lowest BCUT2D eigenvalue weighted by atomic mass is 10.1. The zero-order chi connectivity index (χ0) is 15.2. The number of nitrogens with one attached hydrogen (secondary N) is 2. The largest absolute Gasteiger partial charge is 0.383 e. The van der Waals surface area contributed by atoms with Crippen LogP contribution in [-0.2, 0) is 14.9 Å². The number of hydrogen-bond donors (Lipinski definition) is 3. The Morgan fingerprint density at radius 1 is 1.40 bits per heavy atom. The first kappa shape index (κ1) is 16.2. The molecule has 0 aliphatic heterocycles. The first-order chi connectivity index (χ1) is 9.24. The van der Waals surface area contributed by atoms with Crippen molar-refractivity contribution in [1.82, 2.24) is 5.32 Å². The summed E-state index contributed by atoms with van der Waals surface area (Å²) in [4.78, 5) is 11.4.